The van der Waals surface area contributed by atoms with Gasteiger partial charge in [0.1, 0.15) is 10.9 Å². The molecule has 0 aliphatic carbocycles. The molecule has 0 saturated carbocycles. The molecule has 2 heterocycles. The Kier molecular flexibility index (Phi) is 2.07. The van der Waals surface area contributed by atoms with Gasteiger partial charge in [-0.15, -0.1) is 11.3 Å². The standard InChI is InChI=1S/C10H6BrN3S/c11-9-5-15-10(13-9)14-6-12-7-3-1-2-4-8(7)14/h1-6H. The molecule has 0 amide bonds. The van der Waals surface area contributed by atoms with Crippen molar-refractivity contribution in [3.63, 3.8) is 0 Å². The first kappa shape index (κ1) is 9.06. The second-order valence-electron chi connectivity index (χ2n) is 3.06. The molecule has 74 valence electrons. The number of halogens is 1. The van der Waals surface area contributed by atoms with Gasteiger partial charge in [-0.3, -0.25) is 4.57 Å². The molecular weight excluding hydrogens is 274 g/mol. The summed E-state index contributed by atoms with van der Waals surface area (Å²) >= 11 is 4.93. The predicted octanol–water partition coefficient (Wildman–Crippen LogP) is 3.24. The van der Waals surface area contributed by atoms with E-state index in [-0.39, 0.29) is 0 Å². The van der Waals surface area contributed by atoms with E-state index < -0.39 is 0 Å². The fourth-order valence-corrected chi connectivity index (χ4v) is 2.70. The first-order chi connectivity index (χ1) is 7.34. The summed E-state index contributed by atoms with van der Waals surface area (Å²) in [7, 11) is 0. The number of thiazole rings is 1. The molecule has 5 heteroatoms. The lowest BCUT2D eigenvalue weighted by atomic mass is 10.3. The minimum atomic E-state index is 0.861. The van der Waals surface area contributed by atoms with Crippen molar-refractivity contribution < 1.29 is 0 Å². The Hall–Kier alpha value is -1.20. The normalized spacial score (nSPS) is 11.0. The summed E-state index contributed by atoms with van der Waals surface area (Å²) in [6, 6.07) is 8.02. The molecule has 0 radical (unpaired) electrons. The lowest BCUT2D eigenvalue weighted by Gasteiger charge is -1.96. The highest BCUT2D eigenvalue weighted by molar-refractivity contribution is 9.10. The molecule has 0 unspecified atom stereocenters. The third-order valence-electron chi connectivity index (χ3n) is 2.12. The van der Waals surface area contributed by atoms with Crippen LogP contribution in [0.4, 0.5) is 0 Å². The predicted molar refractivity (Wildman–Crippen MR) is 64.4 cm³/mol. The summed E-state index contributed by atoms with van der Waals surface area (Å²) in [5.41, 5.74) is 2.07. The van der Waals surface area contributed by atoms with Crippen LogP contribution in [0, 0.1) is 0 Å². The zero-order valence-corrected chi connectivity index (χ0v) is 9.99. The Morgan fingerprint density at radius 1 is 1.27 bits per heavy atom. The van der Waals surface area contributed by atoms with Crippen LogP contribution in [0.5, 0.6) is 0 Å². The van der Waals surface area contributed by atoms with Gasteiger partial charge >= 0.3 is 0 Å². The molecule has 0 atom stereocenters. The lowest BCUT2D eigenvalue weighted by Crippen LogP contribution is -1.89. The summed E-state index contributed by atoms with van der Waals surface area (Å²) in [5.74, 6) is 0. The van der Waals surface area contributed by atoms with Crippen LogP contribution in [0.15, 0.2) is 40.6 Å². The van der Waals surface area contributed by atoms with E-state index >= 15 is 0 Å². The van der Waals surface area contributed by atoms with Crippen LogP contribution in [0.25, 0.3) is 16.2 Å². The Bertz CT molecular complexity index is 614. The number of rotatable bonds is 1. The molecule has 0 saturated heterocycles. The average Bonchev–Trinajstić information content (AvgIpc) is 2.83. The van der Waals surface area contributed by atoms with Crippen molar-refractivity contribution in [3.05, 3.63) is 40.6 Å². The van der Waals surface area contributed by atoms with Crippen LogP contribution in [0.2, 0.25) is 0 Å². The summed E-state index contributed by atoms with van der Waals surface area (Å²) < 4.78 is 2.85. The smallest absolute Gasteiger partial charge is 0.196 e. The van der Waals surface area contributed by atoms with Gasteiger partial charge in [-0.1, -0.05) is 12.1 Å². The van der Waals surface area contributed by atoms with Gasteiger partial charge in [0, 0.05) is 5.38 Å². The number of para-hydroxylation sites is 2. The van der Waals surface area contributed by atoms with Crippen LogP contribution in [0.1, 0.15) is 0 Å². The van der Waals surface area contributed by atoms with Crippen molar-refractivity contribution in [1.29, 1.82) is 0 Å². The molecule has 15 heavy (non-hydrogen) atoms. The van der Waals surface area contributed by atoms with Crippen molar-refractivity contribution in [3.8, 4) is 5.13 Å². The van der Waals surface area contributed by atoms with Gasteiger partial charge in [0.2, 0.25) is 0 Å². The van der Waals surface area contributed by atoms with Gasteiger partial charge in [-0.05, 0) is 28.1 Å². The topological polar surface area (TPSA) is 30.7 Å². The molecule has 0 aliphatic rings. The number of imidazole rings is 1. The number of hydrogen-bond donors (Lipinski definition) is 0. The van der Waals surface area contributed by atoms with Gasteiger partial charge in [0.25, 0.3) is 0 Å². The maximum Gasteiger partial charge on any atom is 0.196 e. The minimum absolute atomic E-state index is 0.861. The van der Waals surface area contributed by atoms with Crippen molar-refractivity contribution >= 4 is 38.3 Å². The van der Waals surface area contributed by atoms with Crippen LogP contribution < -0.4 is 0 Å². The number of aromatic nitrogens is 3. The van der Waals surface area contributed by atoms with E-state index in [9.17, 15) is 0 Å². The molecule has 0 bridgehead atoms. The van der Waals surface area contributed by atoms with E-state index in [1.54, 1.807) is 17.7 Å². The van der Waals surface area contributed by atoms with Crippen molar-refractivity contribution in [2.45, 2.75) is 0 Å². The number of nitrogens with zero attached hydrogens (tertiary/aromatic N) is 3. The first-order valence-corrected chi connectivity index (χ1v) is 6.05. The molecule has 2 aromatic heterocycles. The molecule has 3 aromatic rings. The second-order valence-corrected chi connectivity index (χ2v) is 4.71. The fourth-order valence-electron chi connectivity index (χ4n) is 1.47. The summed E-state index contributed by atoms with van der Waals surface area (Å²) in [6.07, 6.45) is 1.80. The Labute approximate surface area is 98.5 Å². The van der Waals surface area contributed by atoms with Crippen LogP contribution in [-0.4, -0.2) is 14.5 Å². The Morgan fingerprint density at radius 2 is 2.13 bits per heavy atom. The molecule has 0 fully saturated rings. The Balaban J connectivity index is 2.27. The van der Waals surface area contributed by atoms with Crippen molar-refractivity contribution in [1.82, 2.24) is 14.5 Å². The monoisotopic (exact) mass is 279 g/mol. The first-order valence-electron chi connectivity index (χ1n) is 4.38. The zero-order chi connectivity index (χ0) is 10.3. The van der Waals surface area contributed by atoms with E-state index in [2.05, 4.69) is 25.9 Å². The minimum Gasteiger partial charge on any atom is -0.274 e. The third-order valence-corrected chi connectivity index (χ3v) is 3.67. The molecule has 1 aromatic carbocycles. The van der Waals surface area contributed by atoms with E-state index in [0.29, 0.717) is 0 Å². The highest BCUT2D eigenvalue weighted by Gasteiger charge is 2.06. The molecule has 0 spiro atoms. The van der Waals surface area contributed by atoms with Gasteiger partial charge in [-0.25, -0.2) is 9.97 Å². The van der Waals surface area contributed by atoms with Crippen molar-refractivity contribution in [2.24, 2.45) is 0 Å². The molecule has 0 N–H and O–H groups in total. The van der Waals surface area contributed by atoms with Crippen LogP contribution in [0.3, 0.4) is 0 Å². The lowest BCUT2D eigenvalue weighted by molar-refractivity contribution is 1.06. The number of benzene rings is 1. The SMILES string of the molecule is Brc1csc(-n2cnc3ccccc32)n1. The van der Waals surface area contributed by atoms with Gasteiger partial charge in [0.15, 0.2) is 5.13 Å². The third kappa shape index (κ3) is 1.48. The highest BCUT2D eigenvalue weighted by Crippen LogP contribution is 2.22. The van der Waals surface area contributed by atoms with Crippen LogP contribution in [-0.2, 0) is 0 Å². The Morgan fingerprint density at radius 3 is 2.93 bits per heavy atom. The summed E-state index contributed by atoms with van der Waals surface area (Å²) in [6.45, 7) is 0. The zero-order valence-electron chi connectivity index (χ0n) is 7.59. The number of hydrogen-bond acceptors (Lipinski definition) is 3. The largest absolute Gasteiger partial charge is 0.274 e. The van der Waals surface area contributed by atoms with Crippen molar-refractivity contribution in [2.75, 3.05) is 0 Å². The molecule has 3 nitrogen and oxygen atoms in total. The fraction of sp³-hybridized carbons (Fsp3) is 0. The van der Waals surface area contributed by atoms with E-state index in [1.165, 1.54) is 0 Å². The second kappa shape index (κ2) is 3.43. The maximum absolute atomic E-state index is 4.36. The summed E-state index contributed by atoms with van der Waals surface area (Å²) in [4.78, 5) is 8.68. The number of fused-ring (bicyclic) bond motifs is 1. The quantitative estimate of drug-likeness (QED) is 0.685. The van der Waals surface area contributed by atoms with Gasteiger partial charge in [0.05, 0.1) is 11.0 Å². The average molecular weight is 280 g/mol. The molecular formula is C10H6BrN3S. The maximum atomic E-state index is 4.36. The molecule has 3 rings (SSSR count). The van der Waals surface area contributed by atoms with Crippen LogP contribution >= 0.6 is 27.3 Å². The molecule has 0 aliphatic heterocycles. The van der Waals surface area contributed by atoms with E-state index in [1.807, 2.05) is 34.2 Å². The van der Waals surface area contributed by atoms with Gasteiger partial charge in [-0.2, -0.15) is 0 Å². The van der Waals surface area contributed by atoms with Gasteiger partial charge < -0.3 is 0 Å². The van der Waals surface area contributed by atoms with E-state index in [4.69, 9.17) is 0 Å². The highest BCUT2D eigenvalue weighted by atomic mass is 79.9. The summed E-state index contributed by atoms with van der Waals surface area (Å²) in [5, 5.41) is 2.89. The van der Waals surface area contributed by atoms with E-state index in [0.717, 1.165) is 20.8 Å².